The van der Waals surface area contributed by atoms with Crippen LogP contribution in [0.4, 0.5) is 0 Å². The highest BCUT2D eigenvalue weighted by atomic mass is 127. The summed E-state index contributed by atoms with van der Waals surface area (Å²) in [5, 5.41) is 6.74. The summed E-state index contributed by atoms with van der Waals surface area (Å²) in [4.78, 5) is 4.68. The Hall–Kier alpha value is -0.800. The van der Waals surface area contributed by atoms with Crippen LogP contribution in [0.15, 0.2) is 27.8 Å². The quantitative estimate of drug-likeness (QED) is 0.241. The number of aliphatic imine (C=N–C) groups is 1. The number of rotatable bonds is 10. The van der Waals surface area contributed by atoms with E-state index in [0.29, 0.717) is 6.54 Å². The van der Waals surface area contributed by atoms with Crippen LogP contribution in [0.1, 0.15) is 38.4 Å². The maximum atomic E-state index is 5.75. The minimum Gasteiger partial charge on any atom is -0.469 e. The van der Waals surface area contributed by atoms with Gasteiger partial charge in [-0.25, -0.2) is 0 Å². The first kappa shape index (κ1) is 22.2. The lowest BCUT2D eigenvalue weighted by Crippen LogP contribution is -2.40. The van der Waals surface area contributed by atoms with E-state index >= 15 is 0 Å². The van der Waals surface area contributed by atoms with Crippen molar-refractivity contribution in [2.45, 2.75) is 45.1 Å². The van der Waals surface area contributed by atoms with Gasteiger partial charge < -0.3 is 24.5 Å². The molecule has 2 heterocycles. The van der Waals surface area contributed by atoms with Crippen molar-refractivity contribution in [1.29, 1.82) is 0 Å². The highest BCUT2D eigenvalue weighted by Crippen LogP contribution is 2.12. The third kappa shape index (κ3) is 10.1. The van der Waals surface area contributed by atoms with E-state index in [1.165, 1.54) is 12.8 Å². The fourth-order valence-corrected chi connectivity index (χ4v) is 2.60. The second-order valence-corrected chi connectivity index (χ2v) is 5.91. The number of furan rings is 1. The molecule has 7 heteroatoms. The van der Waals surface area contributed by atoms with Gasteiger partial charge >= 0.3 is 0 Å². The first-order chi connectivity index (χ1) is 11.9. The molecule has 0 amide bonds. The first-order valence-corrected chi connectivity index (χ1v) is 9.12. The van der Waals surface area contributed by atoms with Crippen LogP contribution in [0.3, 0.4) is 0 Å². The zero-order valence-electron chi connectivity index (χ0n) is 15.2. The molecule has 1 saturated heterocycles. The molecule has 0 radical (unpaired) electrons. The third-order valence-corrected chi connectivity index (χ3v) is 3.93. The Morgan fingerprint density at radius 1 is 1.32 bits per heavy atom. The summed E-state index contributed by atoms with van der Waals surface area (Å²) in [5.74, 6) is 1.82. The van der Waals surface area contributed by atoms with Gasteiger partial charge in [-0.3, -0.25) is 4.99 Å². The molecular weight excluding hydrogens is 433 g/mol. The molecule has 1 aromatic heterocycles. The van der Waals surface area contributed by atoms with E-state index < -0.39 is 0 Å². The van der Waals surface area contributed by atoms with Crippen molar-refractivity contribution in [3.63, 3.8) is 0 Å². The molecule has 25 heavy (non-hydrogen) atoms. The fraction of sp³-hybridized carbons (Fsp3) is 0.722. The second-order valence-electron chi connectivity index (χ2n) is 5.91. The van der Waals surface area contributed by atoms with Gasteiger partial charge in [-0.05, 0) is 44.7 Å². The molecule has 1 aromatic rings. The van der Waals surface area contributed by atoms with E-state index in [2.05, 4.69) is 15.6 Å². The Labute approximate surface area is 168 Å². The summed E-state index contributed by atoms with van der Waals surface area (Å²) in [6.07, 6.45) is 7.28. The van der Waals surface area contributed by atoms with Crippen LogP contribution in [0.25, 0.3) is 0 Å². The number of guanidine groups is 1. The maximum absolute atomic E-state index is 5.75. The Balaban J connectivity index is 0.00000312. The van der Waals surface area contributed by atoms with Crippen molar-refractivity contribution >= 4 is 29.9 Å². The molecule has 1 atom stereocenters. The molecule has 144 valence electrons. The molecule has 0 bridgehead atoms. The minimum absolute atomic E-state index is 0. The van der Waals surface area contributed by atoms with Crippen LogP contribution in [-0.4, -0.2) is 51.5 Å². The summed E-state index contributed by atoms with van der Waals surface area (Å²) in [6.45, 7) is 6.76. The van der Waals surface area contributed by atoms with E-state index in [9.17, 15) is 0 Å². The third-order valence-electron chi connectivity index (χ3n) is 3.93. The lowest BCUT2D eigenvalue weighted by atomic mass is 10.1. The molecule has 0 saturated carbocycles. The molecule has 1 unspecified atom stereocenters. The predicted molar refractivity (Wildman–Crippen MR) is 111 cm³/mol. The van der Waals surface area contributed by atoms with Crippen LogP contribution in [0, 0.1) is 0 Å². The van der Waals surface area contributed by atoms with E-state index in [-0.39, 0.29) is 30.1 Å². The molecule has 1 fully saturated rings. The number of hydrogen-bond donors (Lipinski definition) is 2. The van der Waals surface area contributed by atoms with Crippen LogP contribution in [-0.2, 0) is 15.9 Å². The van der Waals surface area contributed by atoms with Gasteiger partial charge in [0.05, 0.1) is 18.9 Å². The summed E-state index contributed by atoms with van der Waals surface area (Å²) in [6, 6.07) is 3.90. The van der Waals surface area contributed by atoms with Gasteiger partial charge in [-0.1, -0.05) is 0 Å². The van der Waals surface area contributed by atoms with Crippen LogP contribution in [0.2, 0.25) is 0 Å². The Kier molecular flexibility index (Phi) is 12.8. The Morgan fingerprint density at radius 2 is 2.20 bits per heavy atom. The average molecular weight is 465 g/mol. The lowest BCUT2D eigenvalue weighted by Gasteiger charge is -2.21. The van der Waals surface area contributed by atoms with Crippen LogP contribution in [0.5, 0.6) is 0 Å². The second kappa shape index (κ2) is 14.4. The number of ether oxygens (including phenoxy) is 2. The van der Waals surface area contributed by atoms with Crippen molar-refractivity contribution in [3.05, 3.63) is 24.2 Å². The zero-order chi connectivity index (χ0) is 16.9. The average Bonchev–Trinajstić information content (AvgIpc) is 3.13. The van der Waals surface area contributed by atoms with Gasteiger partial charge in [0, 0.05) is 39.3 Å². The summed E-state index contributed by atoms with van der Waals surface area (Å²) in [7, 11) is 0. The number of nitrogens with zero attached hydrogens (tertiary/aromatic N) is 1. The van der Waals surface area contributed by atoms with Gasteiger partial charge in [0.2, 0.25) is 0 Å². The summed E-state index contributed by atoms with van der Waals surface area (Å²) < 4.78 is 16.5. The zero-order valence-corrected chi connectivity index (χ0v) is 17.5. The fourth-order valence-electron chi connectivity index (χ4n) is 2.60. The van der Waals surface area contributed by atoms with Crippen molar-refractivity contribution < 1.29 is 13.9 Å². The van der Waals surface area contributed by atoms with E-state index in [0.717, 1.165) is 63.9 Å². The van der Waals surface area contributed by atoms with Crippen molar-refractivity contribution in [2.75, 3.05) is 39.5 Å². The SMILES string of the molecule is CCOCCCNC(=NCC1CCCCO1)NCCc1ccco1.I. The number of halogens is 1. The molecule has 0 aliphatic carbocycles. The molecule has 0 spiro atoms. The number of nitrogens with one attached hydrogen (secondary N) is 2. The maximum Gasteiger partial charge on any atom is 0.191 e. The predicted octanol–water partition coefficient (Wildman–Crippen LogP) is 2.97. The first-order valence-electron chi connectivity index (χ1n) is 9.12. The van der Waals surface area contributed by atoms with Gasteiger partial charge in [0.25, 0.3) is 0 Å². The highest BCUT2D eigenvalue weighted by molar-refractivity contribution is 14.0. The van der Waals surface area contributed by atoms with Crippen molar-refractivity contribution in [3.8, 4) is 0 Å². The molecule has 0 aromatic carbocycles. The summed E-state index contributed by atoms with van der Waals surface area (Å²) >= 11 is 0. The smallest absolute Gasteiger partial charge is 0.191 e. The Bertz CT molecular complexity index is 448. The van der Waals surface area contributed by atoms with Crippen molar-refractivity contribution in [1.82, 2.24) is 10.6 Å². The number of hydrogen-bond acceptors (Lipinski definition) is 4. The van der Waals surface area contributed by atoms with E-state index in [1.807, 2.05) is 19.1 Å². The highest BCUT2D eigenvalue weighted by Gasteiger charge is 2.13. The van der Waals surface area contributed by atoms with Gasteiger partial charge in [0.1, 0.15) is 5.76 Å². The molecule has 1 aliphatic rings. The molecule has 2 rings (SSSR count). The van der Waals surface area contributed by atoms with E-state index in [1.54, 1.807) is 6.26 Å². The van der Waals surface area contributed by atoms with Gasteiger partial charge in [-0.2, -0.15) is 0 Å². The summed E-state index contributed by atoms with van der Waals surface area (Å²) in [5.41, 5.74) is 0. The Morgan fingerprint density at radius 3 is 2.92 bits per heavy atom. The van der Waals surface area contributed by atoms with Gasteiger partial charge in [0.15, 0.2) is 5.96 Å². The topological polar surface area (TPSA) is 68.0 Å². The molecule has 6 nitrogen and oxygen atoms in total. The van der Waals surface area contributed by atoms with Gasteiger partial charge in [-0.15, -0.1) is 24.0 Å². The molecule has 2 N–H and O–H groups in total. The van der Waals surface area contributed by atoms with Crippen LogP contribution < -0.4 is 10.6 Å². The normalized spacial score (nSPS) is 17.8. The van der Waals surface area contributed by atoms with Crippen LogP contribution >= 0.6 is 24.0 Å². The largest absolute Gasteiger partial charge is 0.469 e. The lowest BCUT2D eigenvalue weighted by molar-refractivity contribution is 0.0224. The monoisotopic (exact) mass is 465 g/mol. The molecular formula is C18H32IN3O3. The minimum atomic E-state index is 0. The van der Waals surface area contributed by atoms with E-state index in [4.69, 9.17) is 13.9 Å². The standard InChI is InChI=1S/C18H31N3O3.HI/c1-2-22-12-6-10-19-18(20-11-9-16-8-5-14-23-16)21-15-17-7-3-4-13-24-17;/h5,8,14,17H,2-4,6-7,9-13,15H2,1H3,(H2,19,20,21);1H. The van der Waals surface area contributed by atoms with Crippen molar-refractivity contribution in [2.24, 2.45) is 4.99 Å². The molecule has 1 aliphatic heterocycles.